The number of amides is 1. The maximum Gasteiger partial charge on any atom is 0.256 e. The average molecular weight is 426 g/mol. The van der Waals surface area contributed by atoms with Crippen molar-refractivity contribution in [3.63, 3.8) is 0 Å². The van der Waals surface area contributed by atoms with Crippen LogP contribution in [0, 0.1) is 0 Å². The van der Waals surface area contributed by atoms with Crippen molar-refractivity contribution < 1.29 is 33.2 Å². The summed E-state index contributed by atoms with van der Waals surface area (Å²) >= 11 is 0. The lowest BCUT2D eigenvalue weighted by atomic mass is 10.1. The first-order valence-corrected chi connectivity index (χ1v) is 10.5. The molecule has 8 heteroatoms. The molecule has 3 atom stereocenters. The summed E-state index contributed by atoms with van der Waals surface area (Å²) in [6.45, 7) is 5.69. The van der Waals surface area contributed by atoms with Crippen molar-refractivity contribution in [2.75, 3.05) is 46.5 Å². The Hall–Kier alpha value is -2.03. The molecule has 30 heavy (non-hydrogen) atoms. The number of benzene rings is 1. The molecule has 8 nitrogen and oxygen atoms in total. The minimum atomic E-state index is -0.787. The van der Waals surface area contributed by atoms with Crippen molar-refractivity contribution in [1.82, 2.24) is 0 Å². The van der Waals surface area contributed by atoms with Gasteiger partial charge in [-0.05, 0) is 12.8 Å². The third kappa shape index (κ3) is 6.23. The van der Waals surface area contributed by atoms with E-state index in [9.17, 15) is 4.79 Å². The first-order chi connectivity index (χ1) is 14.6. The van der Waals surface area contributed by atoms with Crippen LogP contribution in [0.25, 0.3) is 0 Å². The van der Waals surface area contributed by atoms with Crippen molar-refractivity contribution in [1.29, 1.82) is 0 Å². The van der Waals surface area contributed by atoms with Crippen molar-refractivity contribution in [3.05, 3.63) is 12.1 Å². The summed E-state index contributed by atoms with van der Waals surface area (Å²) in [5.74, 6) is 1.08. The molecule has 1 amide bonds. The van der Waals surface area contributed by atoms with E-state index in [2.05, 4.69) is 19.2 Å². The fourth-order valence-electron chi connectivity index (χ4n) is 3.21. The van der Waals surface area contributed by atoms with E-state index in [4.69, 9.17) is 28.4 Å². The third-order valence-corrected chi connectivity index (χ3v) is 4.96. The Labute approximate surface area is 179 Å². The molecule has 0 bridgehead atoms. The van der Waals surface area contributed by atoms with Crippen LogP contribution in [0.4, 0.5) is 5.69 Å². The third-order valence-electron chi connectivity index (χ3n) is 4.96. The topological polar surface area (TPSA) is 84.5 Å². The fourth-order valence-corrected chi connectivity index (χ4v) is 3.21. The molecule has 1 fully saturated rings. The van der Waals surface area contributed by atoms with Crippen molar-refractivity contribution in [3.8, 4) is 17.2 Å². The maximum absolute atomic E-state index is 13.1. The molecular formula is C22H35NO7. The second-order valence-electron chi connectivity index (χ2n) is 7.10. The molecule has 0 aliphatic carbocycles. The van der Waals surface area contributed by atoms with E-state index in [-0.39, 0.29) is 12.0 Å². The van der Waals surface area contributed by atoms with Crippen LogP contribution in [0.2, 0.25) is 0 Å². The summed E-state index contributed by atoms with van der Waals surface area (Å²) in [5, 5.41) is 2.88. The van der Waals surface area contributed by atoms with Crippen LogP contribution in [0.15, 0.2) is 12.1 Å². The highest BCUT2D eigenvalue weighted by atomic mass is 16.6. The first-order valence-electron chi connectivity index (χ1n) is 10.5. The Balaban J connectivity index is 2.17. The van der Waals surface area contributed by atoms with E-state index in [1.807, 2.05) is 0 Å². The van der Waals surface area contributed by atoms with E-state index < -0.39 is 12.2 Å². The number of carbonyl (C=O) groups excluding carboxylic acids is 1. The Morgan fingerprint density at radius 2 is 1.60 bits per heavy atom. The van der Waals surface area contributed by atoms with Crippen LogP contribution in [0.1, 0.15) is 39.5 Å². The van der Waals surface area contributed by atoms with Gasteiger partial charge in [0.25, 0.3) is 5.91 Å². The molecule has 1 aromatic carbocycles. The molecule has 0 aromatic heterocycles. The summed E-state index contributed by atoms with van der Waals surface area (Å²) in [6.07, 6.45) is 2.38. The Kier molecular flexibility index (Phi) is 10.2. The van der Waals surface area contributed by atoms with Crippen LogP contribution >= 0.6 is 0 Å². The number of carbonyl (C=O) groups is 1. The van der Waals surface area contributed by atoms with Crippen LogP contribution in [-0.4, -0.2) is 65.4 Å². The largest absolute Gasteiger partial charge is 0.496 e. The van der Waals surface area contributed by atoms with Crippen molar-refractivity contribution in [2.45, 2.75) is 57.8 Å². The fraction of sp³-hybridized carbons (Fsp3) is 0.682. The molecule has 170 valence electrons. The van der Waals surface area contributed by atoms with Gasteiger partial charge in [-0.3, -0.25) is 4.79 Å². The molecule has 0 radical (unpaired) electrons. The minimum Gasteiger partial charge on any atom is -0.496 e. The molecule has 1 heterocycles. The van der Waals surface area contributed by atoms with Crippen LogP contribution in [-0.2, 0) is 19.0 Å². The molecule has 1 saturated heterocycles. The Bertz CT molecular complexity index is 642. The van der Waals surface area contributed by atoms with E-state index in [1.165, 1.54) is 14.2 Å². The maximum atomic E-state index is 13.1. The minimum absolute atomic E-state index is 0.274. The first kappa shape index (κ1) is 24.2. The summed E-state index contributed by atoms with van der Waals surface area (Å²) < 4.78 is 33.8. The molecule has 1 aliphatic rings. The average Bonchev–Trinajstić information content (AvgIpc) is 3.16. The van der Waals surface area contributed by atoms with Gasteiger partial charge in [-0.2, -0.15) is 0 Å². The van der Waals surface area contributed by atoms with Gasteiger partial charge < -0.3 is 33.7 Å². The van der Waals surface area contributed by atoms with E-state index >= 15 is 0 Å². The predicted molar refractivity (Wildman–Crippen MR) is 114 cm³/mol. The van der Waals surface area contributed by atoms with Gasteiger partial charge in [0, 0.05) is 25.3 Å². The zero-order chi connectivity index (χ0) is 21.9. The second-order valence-corrected chi connectivity index (χ2v) is 7.10. The quantitative estimate of drug-likeness (QED) is 0.485. The van der Waals surface area contributed by atoms with Crippen molar-refractivity contribution >= 4 is 11.6 Å². The second kappa shape index (κ2) is 12.6. The van der Waals surface area contributed by atoms with Gasteiger partial charge in [0.15, 0.2) is 6.10 Å². The summed E-state index contributed by atoms with van der Waals surface area (Å²) in [4.78, 5) is 13.1. The number of anilines is 1. The Morgan fingerprint density at radius 1 is 1.00 bits per heavy atom. The molecule has 1 aromatic rings. The monoisotopic (exact) mass is 425 g/mol. The van der Waals surface area contributed by atoms with Crippen LogP contribution < -0.4 is 19.5 Å². The number of ether oxygens (including phenoxy) is 6. The molecule has 1 N–H and O–H groups in total. The number of nitrogens with one attached hydrogen (secondary N) is 1. The van der Waals surface area contributed by atoms with E-state index in [0.29, 0.717) is 42.8 Å². The van der Waals surface area contributed by atoms with Gasteiger partial charge in [-0.25, -0.2) is 0 Å². The molecule has 2 rings (SSSR count). The van der Waals surface area contributed by atoms with Gasteiger partial charge >= 0.3 is 0 Å². The van der Waals surface area contributed by atoms with E-state index in [0.717, 1.165) is 25.7 Å². The SMILES string of the molecule is CCCCO[C@@H]1[C@@H](OCCCC)CO[C@@H]1C(=O)Nc1c(OC)cc(OC)cc1OC. The standard InChI is InChI=1S/C22H35NO7/c1-6-8-10-28-18-14-30-21(20(18)29-11-9-7-2)22(24)23-19-16(26-4)12-15(25-3)13-17(19)27-5/h12-13,18,20-21H,6-11,14H2,1-5H3,(H,23,24)/t18-,20+,21-/m0/s1. The highest BCUT2D eigenvalue weighted by molar-refractivity contribution is 5.98. The van der Waals surface area contributed by atoms with E-state index in [1.54, 1.807) is 19.2 Å². The number of unbranched alkanes of at least 4 members (excludes halogenated alkanes) is 2. The van der Waals surface area contributed by atoms with Crippen molar-refractivity contribution in [2.24, 2.45) is 0 Å². The lowest BCUT2D eigenvalue weighted by Crippen LogP contribution is -2.42. The summed E-state index contributed by atoms with van der Waals surface area (Å²) in [7, 11) is 4.59. The van der Waals surface area contributed by atoms with Gasteiger partial charge in [0.05, 0.1) is 27.9 Å². The molecule has 1 aliphatic heterocycles. The molecular weight excluding hydrogens is 390 g/mol. The van der Waals surface area contributed by atoms with Gasteiger partial charge in [-0.1, -0.05) is 26.7 Å². The Morgan fingerprint density at radius 3 is 2.13 bits per heavy atom. The number of hydrogen-bond acceptors (Lipinski definition) is 7. The molecule has 0 saturated carbocycles. The number of hydrogen-bond donors (Lipinski definition) is 1. The highest BCUT2D eigenvalue weighted by Crippen LogP contribution is 2.39. The number of rotatable bonds is 13. The van der Waals surface area contributed by atoms with Crippen LogP contribution in [0.3, 0.4) is 0 Å². The summed E-state index contributed by atoms with van der Waals surface area (Å²) in [6, 6.07) is 3.36. The normalized spacial score (nSPS) is 20.8. The van der Waals surface area contributed by atoms with Gasteiger partial charge in [0.1, 0.15) is 35.1 Å². The van der Waals surface area contributed by atoms with Crippen LogP contribution in [0.5, 0.6) is 17.2 Å². The lowest BCUT2D eigenvalue weighted by molar-refractivity contribution is -0.132. The van der Waals surface area contributed by atoms with Gasteiger partial charge in [-0.15, -0.1) is 0 Å². The number of methoxy groups -OCH3 is 3. The summed E-state index contributed by atoms with van der Waals surface area (Å²) in [5.41, 5.74) is 0.414. The zero-order valence-electron chi connectivity index (χ0n) is 18.7. The predicted octanol–water partition coefficient (Wildman–Crippen LogP) is 3.42. The molecule has 0 unspecified atom stereocenters. The zero-order valence-corrected chi connectivity index (χ0v) is 18.7. The van der Waals surface area contributed by atoms with Gasteiger partial charge in [0.2, 0.25) is 0 Å². The smallest absolute Gasteiger partial charge is 0.256 e. The lowest BCUT2D eigenvalue weighted by Gasteiger charge is -2.24. The molecule has 0 spiro atoms. The highest BCUT2D eigenvalue weighted by Gasteiger charge is 2.43.